The summed E-state index contributed by atoms with van der Waals surface area (Å²) in [6, 6.07) is 17.3. The molecular formula is C18H22N2. The Bertz CT molecular complexity index is 577. The molecule has 0 aromatic heterocycles. The first kappa shape index (κ1) is 13.2. The van der Waals surface area contributed by atoms with E-state index in [2.05, 4.69) is 60.5 Å². The minimum Gasteiger partial charge on any atom is -0.345 e. The fourth-order valence-corrected chi connectivity index (χ4v) is 3.16. The third kappa shape index (κ3) is 2.44. The summed E-state index contributed by atoms with van der Waals surface area (Å²) in [6.07, 6.45) is 3.67. The second-order valence-corrected chi connectivity index (χ2v) is 5.60. The highest BCUT2D eigenvalue weighted by Crippen LogP contribution is 2.34. The lowest BCUT2D eigenvalue weighted by molar-refractivity contribution is 0.561. The third-order valence-electron chi connectivity index (χ3n) is 4.38. The number of rotatable bonds is 3. The molecule has 20 heavy (non-hydrogen) atoms. The number of nitrogens with zero attached hydrogens (tertiary/aromatic N) is 1. The van der Waals surface area contributed by atoms with Crippen molar-refractivity contribution in [2.45, 2.75) is 25.2 Å². The molecule has 2 heteroatoms. The zero-order chi connectivity index (χ0) is 13.9. The van der Waals surface area contributed by atoms with E-state index in [1.165, 1.54) is 41.8 Å². The second-order valence-electron chi connectivity index (χ2n) is 5.60. The Morgan fingerprint density at radius 3 is 2.65 bits per heavy atom. The van der Waals surface area contributed by atoms with Gasteiger partial charge in [-0.2, -0.15) is 0 Å². The minimum absolute atomic E-state index is 0.551. The van der Waals surface area contributed by atoms with Crippen LogP contribution in [-0.2, 0) is 6.42 Å². The summed E-state index contributed by atoms with van der Waals surface area (Å²) in [5, 5.41) is 0. The first-order chi connectivity index (χ1) is 9.79. The predicted octanol–water partition coefficient (Wildman–Crippen LogP) is 3.83. The molecule has 0 bridgehead atoms. The van der Waals surface area contributed by atoms with E-state index in [9.17, 15) is 0 Å². The van der Waals surface area contributed by atoms with Crippen LogP contribution in [0.2, 0.25) is 0 Å². The predicted molar refractivity (Wildman–Crippen MR) is 85.7 cm³/mol. The Balaban J connectivity index is 1.92. The first-order valence-electron chi connectivity index (χ1n) is 7.41. The molecule has 2 aromatic rings. The molecule has 2 nitrogen and oxygen atoms in total. The van der Waals surface area contributed by atoms with Crippen molar-refractivity contribution >= 4 is 11.4 Å². The highest BCUT2D eigenvalue weighted by Gasteiger charge is 2.19. The van der Waals surface area contributed by atoms with Crippen LogP contribution >= 0.6 is 0 Å². The van der Waals surface area contributed by atoms with Crippen LogP contribution in [0.1, 0.15) is 29.9 Å². The average Bonchev–Trinajstić information content (AvgIpc) is 2.53. The normalized spacial score (nSPS) is 17.6. The number of anilines is 2. The molecule has 0 saturated carbocycles. The van der Waals surface area contributed by atoms with Gasteiger partial charge in [-0.3, -0.25) is 0 Å². The van der Waals surface area contributed by atoms with Crippen LogP contribution in [0.4, 0.5) is 11.4 Å². The van der Waals surface area contributed by atoms with Crippen LogP contribution in [0.5, 0.6) is 0 Å². The summed E-state index contributed by atoms with van der Waals surface area (Å²) in [5.41, 5.74) is 11.3. The van der Waals surface area contributed by atoms with Gasteiger partial charge in [-0.05, 0) is 67.1 Å². The fraction of sp³-hybridized carbons (Fsp3) is 0.333. The maximum Gasteiger partial charge on any atom is 0.0411 e. The number of nitrogens with two attached hydrogens (primary N) is 1. The van der Waals surface area contributed by atoms with E-state index in [-0.39, 0.29) is 0 Å². The van der Waals surface area contributed by atoms with Gasteiger partial charge in [0.25, 0.3) is 0 Å². The summed E-state index contributed by atoms with van der Waals surface area (Å²) >= 11 is 0. The van der Waals surface area contributed by atoms with E-state index in [0.717, 1.165) is 6.54 Å². The maximum absolute atomic E-state index is 5.90. The van der Waals surface area contributed by atoms with Crippen molar-refractivity contribution in [1.29, 1.82) is 0 Å². The van der Waals surface area contributed by atoms with Crippen molar-refractivity contribution in [1.82, 2.24) is 0 Å². The molecule has 0 spiro atoms. The molecular weight excluding hydrogens is 244 g/mol. The Labute approximate surface area is 121 Å². The van der Waals surface area contributed by atoms with Gasteiger partial charge in [-0.1, -0.05) is 24.3 Å². The van der Waals surface area contributed by atoms with Gasteiger partial charge in [-0.15, -0.1) is 0 Å². The molecule has 0 radical (unpaired) electrons. The average molecular weight is 266 g/mol. The van der Waals surface area contributed by atoms with Crippen LogP contribution in [-0.4, -0.2) is 13.6 Å². The van der Waals surface area contributed by atoms with Crippen molar-refractivity contribution in [2.24, 2.45) is 5.73 Å². The molecule has 1 aliphatic rings. The van der Waals surface area contributed by atoms with Crippen LogP contribution in [0.15, 0.2) is 48.5 Å². The lowest BCUT2D eigenvalue weighted by Crippen LogP contribution is -2.19. The summed E-state index contributed by atoms with van der Waals surface area (Å²) in [6.45, 7) is 0.765. The van der Waals surface area contributed by atoms with Gasteiger partial charge in [-0.25, -0.2) is 0 Å². The van der Waals surface area contributed by atoms with Crippen molar-refractivity contribution in [3.05, 3.63) is 59.7 Å². The number of hydrogen-bond donors (Lipinski definition) is 1. The Hall–Kier alpha value is -1.80. The Morgan fingerprint density at radius 1 is 1.10 bits per heavy atom. The minimum atomic E-state index is 0.551. The number of benzene rings is 2. The lowest BCUT2D eigenvalue weighted by Gasteiger charge is -2.27. The number of fused-ring (bicyclic) bond motifs is 1. The van der Waals surface area contributed by atoms with Crippen molar-refractivity contribution < 1.29 is 0 Å². The van der Waals surface area contributed by atoms with Gasteiger partial charge in [0.1, 0.15) is 0 Å². The summed E-state index contributed by atoms with van der Waals surface area (Å²) in [5.74, 6) is 0.551. The van der Waals surface area contributed by atoms with Crippen molar-refractivity contribution in [2.75, 3.05) is 18.5 Å². The fourth-order valence-electron chi connectivity index (χ4n) is 3.16. The van der Waals surface area contributed by atoms with Gasteiger partial charge in [0.05, 0.1) is 0 Å². The molecule has 0 fully saturated rings. The van der Waals surface area contributed by atoms with E-state index in [1.807, 2.05) is 0 Å². The van der Waals surface area contributed by atoms with E-state index in [1.54, 1.807) is 0 Å². The Kier molecular flexibility index (Phi) is 3.75. The monoisotopic (exact) mass is 266 g/mol. The molecule has 1 aliphatic carbocycles. The topological polar surface area (TPSA) is 29.3 Å². The number of aryl methyl sites for hydroxylation is 1. The molecule has 0 aliphatic heterocycles. The zero-order valence-corrected chi connectivity index (χ0v) is 12.0. The second kappa shape index (κ2) is 5.68. The molecule has 104 valence electrons. The molecule has 2 N–H and O–H groups in total. The van der Waals surface area contributed by atoms with E-state index >= 15 is 0 Å². The van der Waals surface area contributed by atoms with Crippen molar-refractivity contribution in [3.8, 4) is 0 Å². The molecule has 0 amide bonds. The quantitative estimate of drug-likeness (QED) is 0.914. The first-order valence-corrected chi connectivity index (χ1v) is 7.41. The largest absolute Gasteiger partial charge is 0.345 e. The molecule has 3 rings (SSSR count). The smallest absolute Gasteiger partial charge is 0.0411 e. The SMILES string of the molecule is CN(c1ccccc1)c1ccc2c(c1)CCC[C@H]2CN. The molecule has 0 saturated heterocycles. The number of para-hydroxylation sites is 1. The van der Waals surface area contributed by atoms with Crippen LogP contribution < -0.4 is 10.6 Å². The molecule has 0 heterocycles. The third-order valence-corrected chi connectivity index (χ3v) is 4.38. The summed E-state index contributed by atoms with van der Waals surface area (Å²) in [4.78, 5) is 2.24. The van der Waals surface area contributed by atoms with Gasteiger partial charge in [0, 0.05) is 18.4 Å². The van der Waals surface area contributed by atoms with E-state index in [0.29, 0.717) is 5.92 Å². The standard InChI is InChI=1S/C18H22N2/c1-20(16-8-3-2-4-9-16)17-10-11-18-14(12-17)6-5-7-15(18)13-19/h2-4,8-12,15H,5-7,13,19H2,1H3/t15-/m0/s1. The molecule has 1 atom stereocenters. The van der Waals surface area contributed by atoms with E-state index < -0.39 is 0 Å². The van der Waals surface area contributed by atoms with Gasteiger partial charge in [0.15, 0.2) is 0 Å². The highest BCUT2D eigenvalue weighted by molar-refractivity contribution is 5.64. The Morgan fingerprint density at radius 2 is 1.90 bits per heavy atom. The highest BCUT2D eigenvalue weighted by atomic mass is 15.1. The van der Waals surface area contributed by atoms with Crippen LogP contribution in [0, 0.1) is 0 Å². The molecule has 2 aromatic carbocycles. The van der Waals surface area contributed by atoms with Gasteiger partial charge < -0.3 is 10.6 Å². The van der Waals surface area contributed by atoms with Gasteiger partial charge in [0.2, 0.25) is 0 Å². The number of hydrogen-bond acceptors (Lipinski definition) is 2. The summed E-state index contributed by atoms with van der Waals surface area (Å²) < 4.78 is 0. The summed E-state index contributed by atoms with van der Waals surface area (Å²) in [7, 11) is 2.13. The molecule has 0 unspecified atom stereocenters. The zero-order valence-electron chi connectivity index (χ0n) is 12.0. The van der Waals surface area contributed by atoms with Crippen LogP contribution in [0.25, 0.3) is 0 Å². The van der Waals surface area contributed by atoms with Crippen LogP contribution in [0.3, 0.4) is 0 Å². The maximum atomic E-state index is 5.90. The van der Waals surface area contributed by atoms with E-state index in [4.69, 9.17) is 5.73 Å². The van der Waals surface area contributed by atoms with Gasteiger partial charge >= 0.3 is 0 Å². The van der Waals surface area contributed by atoms with Crippen molar-refractivity contribution in [3.63, 3.8) is 0 Å². The lowest BCUT2D eigenvalue weighted by atomic mass is 9.82.